The van der Waals surface area contributed by atoms with Gasteiger partial charge in [0.15, 0.2) is 0 Å². The smallest absolute Gasteiger partial charge is 0.269 e. The van der Waals surface area contributed by atoms with Crippen LogP contribution in [0.5, 0.6) is 0 Å². The number of rotatable bonds is 5. The third kappa shape index (κ3) is 7.83. The second-order valence-electron chi connectivity index (χ2n) is 6.89. The highest BCUT2D eigenvalue weighted by molar-refractivity contribution is 5.94. The van der Waals surface area contributed by atoms with Crippen molar-refractivity contribution >= 4 is 11.6 Å². The first-order valence-electron chi connectivity index (χ1n) is 10.1. The average molecular weight is 399 g/mol. The van der Waals surface area contributed by atoms with Gasteiger partial charge in [-0.1, -0.05) is 30.3 Å². The molecule has 156 valence electrons. The summed E-state index contributed by atoms with van der Waals surface area (Å²) in [7, 11) is 0. The molecule has 1 saturated heterocycles. The average Bonchev–Trinajstić information content (AvgIpc) is 2.75. The number of ether oxygens (including phenoxy) is 2. The van der Waals surface area contributed by atoms with E-state index in [1.807, 2.05) is 54.6 Å². The van der Waals surface area contributed by atoms with Gasteiger partial charge in [0, 0.05) is 38.3 Å². The normalized spacial score (nSPS) is 17.0. The highest BCUT2D eigenvalue weighted by Gasteiger charge is 2.09. The Hall–Kier alpha value is -2.45. The summed E-state index contributed by atoms with van der Waals surface area (Å²) in [6, 6.07) is 17.2. The number of carbonyl (C=O) groups excluding carboxylic acids is 1. The minimum atomic E-state index is -0.165. The lowest BCUT2D eigenvalue weighted by Crippen LogP contribution is -2.33. The van der Waals surface area contributed by atoms with Crippen LogP contribution >= 0.6 is 0 Å². The third-order valence-corrected chi connectivity index (χ3v) is 4.67. The van der Waals surface area contributed by atoms with Gasteiger partial charge in [-0.15, -0.1) is 0 Å². The van der Waals surface area contributed by atoms with Gasteiger partial charge < -0.3 is 14.8 Å². The number of benzene rings is 2. The second kappa shape index (κ2) is 12.2. The molecule has 1 heterocycles. The quantitative estimate of drug-likeness (QED) is 0.668. The predicted molar refractivity (Wildman–Crippen MR) is 114 cm³/mol. The van der Waals surface area contributed by atoms with Gasteiger partial charge in [-0.2, -0.15) is 0 Å². The number of hydrogen-bond donors (Lipinski definition) is 3. The molecule has 1 aliphatic rings. The molecule has 0 atom stereocenters. The molecule has 0 radical (unpaired) electrons. The maximum Gasteiger partial charge on any atom is 0.269 e. The summed E-state index contributed by atoms with van der Waals surface area (Å²) in [5.74, 6) is -0.165. The highest BCUT2D eigenvalue weighted by Crippen LogP contribution is 2.09. The maximum absolute atomic E-state index is 12.3. The van der Waals surface area contributed by atoms with Crippen LogP contribution in [0.25, 0.3) is 0 Å². The zero-order valence-electron chi connectivity index (χ0n) is 16.7. The number of hydrazine groups is 1. The van der Waals surface area contributed by atoms with Crippen LogP contribution in [-0.4, -0.2) is 63.4 Å². The Morgan fingerprint density at radius 3 is 2.21 bits per heavy atom. The molecule has 2 aromatic carbocycles. The number of para-hydroxylation sites is 1. The van der Waals surface area contributed by atoms with Crippen LogP contribution in [0.2, 0.25) is 0 Å². The first-order chi connectivity index (χ1) is 14.3. The zero-order valence-corrected chi connectivity index (χ0v) is 16.7. The van der Waals surface area contributed by atoms with Crippen LogP contribution in [0.4, 0.5) is 5.69 Å². The maximum atomic E-state index is 12.3. The molecule has 1 amide bonds. The Labute approximate surface area is 172 Å². The molecule has 0 aliphatic carbocycles. The van der Waals surface area contributed by atoms with Gasteiger partial charge in [-0.05, 0) is 29.8 Å². The molecule has 0 aromatic heterocycles. The van der Waals surface area contributed by atoms with Crippen molar-refractivity contribution in [1.82, 2.24) is 15.6 Å². The fraction of sp³-hybridized carbons (Fsp3) is 0.409. The van der Waals surface area contributed by atoms with Crippen LogP contribution in [0.3, 0.4) is 0 Å². The van der Waals surface area contributed by atoms with E-state index in [0.29, 0.717) is 32.0 Å². The molecule has 7 heteroatoms. The SMILES string of the molecule is O=C(NNc1ccccc1)c1ccc(CN2CCOCCNCCOCC2)cc1. The molecule has 0 saturated carbocycles. The largest absolute Gasteiger partial charge is 0.379 e. The number of anilines is 1. The van der Waals surface area contributed by atoms with Gasteiger partial charge in [-0.3, -0.25) is 20.5 Å². The van der Waals surface area contributed by atoms with Gasteiger partial charge in [0.2, 0.25) is 0 Å². The summed E-state index contributed by atoms with van der Waals surface area (Å²) in [5.41, 5.74) is 8.25. The molecule has 2 aromatic rings. The van der Waals surface area contributed by atoms with Crippen molar-refractivity contribution in [2.24, 2.45) is 0 Å². The predicted octanol–water partition coefficient (Wildman–Crippen LogP) is 1.88. The molecule has 0 spiro atoms. The van der Waals surface area contributed by atoms with Gasteiger partial charge in [0.25, 0.3) is 5.91 Å². The fourth-order valence-electron chi connectivity index (χ4n) is 3.02. The first-order valence-corrected chi connectivity index (χ1v) is 10.1. The Kier molecular flexibility index (Phi) is 8.93. The molecule has 7 nitrogen and oxygen atoms in total. The topological polar surface area (TPSA) is 74.9 Å². The highest BCUT2D eigenvalue weighted by atomic mass is 16.5. The minimum Gasteiger partial charge on any atom is -0.379 e. The molecule has 1 fully saturated rings. The summed E-state index contributed by atoms with van der Waals surface area (Å²) in [6.07, 6.45) is 0. The first kappa shape index (κ1) is 21.3. The van der Waals surface area contributed by atoms with E-state index in [1.165, 1.54) is 0 Å². The van der Waals surface area contributed by atoms with E-state index in [2.05, 4.69) is 21.1 Å². The van der Waals surface area contributed by atoms with E-state index in [1.54, 1.807) is 0 Å². The van der Waals surface area contributed by atoms with E-state index < -0.39 is 0 Å². The number of hydrogen-bond acceptors (Lipinski definition) is 6. The van der Waals surface area contributed by atoms with Crippen molar-refractivity contribution in [1.29, 1.82) is 0 Å². The van der Waals surface area contributed by atoms with Crippen LogP contribution < -0.4 is 16.2 Å². The molecule has 0 bridgehead atoms. The zero-order chi connectivity index (χ0) is 20.2. The molecule has 3 N–H and O–H groups in total. The van der Waals surface area contributed by atoms with Gasteiger partial charge in [0.05, 0.1) is 32.1 Å². The lowest BCUT2D eigenvalue weighted by molar-refractivity contribution is 0.0639. The number of carbonyl (C=O) groups is 1. The van der Waals surface area contributed by atoms with Crippen molar-refractivity contribution in [2.75, 3.05) is 58.0 Å². The van der Waals surface area contributed by atoms with E-state index in [4.69, 9.17) is 9.47 Å². The number of nitrogens with zero attached hydrogens (tertiary/aromatic N) is 1. The monoisotopic (exact) mass is 398 g/mol. The van der Waals surface area contributed by atoms with E-state index in [0.717, 1.165) is 44.0 Å². The fourth-order valence-corrected chi connectivity index (χ4v) is 3.02. The Morgan fingerprint density at radius 1 is 0.897 bits per heavy atom. The van der Waals surface area contributed by atoms with Gasteiger partial charge in [0.1, 0.15) is 0 Å². The van der Waals surface area contributed by atoms with E-state index in [-0.39, 0.29) is 5.91 Å². The van der Waals surface area contributed by atoms with Gasteiger partial charge in [-0.25, -0.2) is 0 Å². The summed E-state index contributed by atoms with van der Waals surface area (Å²) in [5, 5.41) is 3.29. The van der Waals surface area contributed by atoms with Crippen molar-refractivity contribution in [3.8, 4) is 0 Å². The van der Waals surface area contributed by atoms with E-state index in [9.17, 15) is 4.79 Å². The molecular formula is C22H30N4O3. The molecule has 0 unspecified atom stereocenters. The van der Waals surface area contributed by atoms with Gasteiger partial charge >= 0.3 is 0 Å². The molecule has 3 rings (SSSR count). The summed E-state index contributed by atoms with van der Waals surface area (Å²) >= 11 is 0. The minimum absolute atomic E-state index is 0.165. The Bertz CT molecular complexity index is 713. The summed E-state index contributed by atoms with van der Waals surface area (Å²) < 4.78 is 11.4. The molecule has 29 heavy (non-hydrogen) atoms. The summed E-state index contributed by atoms with van der Waals surface area (Å²) in [4.78, 5) is 14.6. The second-order valence-corrected chi connectivity index (χ2v) is 6.89. The Balaban J connectivity index is 1.49. The van der Waals surface area contributed by atoms with Crippen molar-refractivity contribution in [3.63, 3.8) is 0 Å². The standard InChI is InChI=1S/C22H30N4O3/c27-22(25-24-21-4-2-1-3-5-21)20-8-6-19(7-9-20)18-26-12-16-28-14-10-23-11-15-29-17-13-26/h1-9,23-24H,10-18H2,(H,25,27). The van der Waals surface area contributed by atoms with Crippen molar-refractivity contribution in [3.05, 3.63) is 65.7 Å². The van der Waals surface area contributed by atoms with Crippen LogP contribution in [0, 0.1) is 0 Å². The number of amides is 1. The third-order valence-electron chi connectivity index (χ3n) is 4.67. The van der Waals surface area contributed by atoms with Crippen LogP contribution in [-0.2, 0) is 16.0 Å². The lowest BCUT2D eigenvalue weighted by Gasteiger charge is -2.23. The molecule has 1 aliphatic heterocycles. The lowest BCUT2D eigenvalue weighted by atomic mass is 10.1. The summed E-state index contributed by atoms with van der Waals surface area (Å²) in [6.45, 7) is 7.05. The number of nitrogens with one attached hydrogen (secondary N) is 3. The van der Waals surface area contributed by atoms with E-state index >= 15 is 0 Å². The van der Waals surface area contributed by atoms with Crippen LogP contribution in [0.1, 0.15) is 15.9 Å². The van der Waals surface area contributed by atoms with Crippen LogP contribution in [0.15, 0.2) is 54.6 Å². The van der Waals surface area contributed by atoms with Crippen molar-refractivity contribution in [2.45, 2.75) is 6.54 Å². The Morgan fingerprint density at radius 2 is 1.55 bits per heavy atom. The van der Waals surface area contributed by atoms with Crippen molar-refractivity contribution < 1.29 is 14.3 Å². The molecular weight excluding hydrogens is 368 g/mol.